The van der Waals surface area contributed by atoms with E-state index in [9.17, 15) is 13.6 Å². The zero-order valence-electron chi connectivity index (χ0n) is 14.7. The molecule has 0 spiro atoms. The summed E-state index contributed by atoms with van der Waals surface area (Å²) in [5.74, 6) is -0.950. The van der Waals surface area contributed by atoms with Gasteiger partial charge >= 0.3 is 0 Å². The van der Waals surface area contributed by atoms with Crippen molar-refractivity contribution in [3.05, 3.63) is 64.5 Å². The summed E-state index contributed by atoms with van der Waals surface area (Å²) in [6, 6.07) is 10.2. The van der Waals surface area contributed by atoms with Crippen LogP contribution in [-0.2, 0) is 0 Å². The van der Waals surface area contributed by atoms with Crippen molar-refractivity contribution in [1.82, 2.24) is 9.78 Å². The van der Waals surface area contributed by atoms with Crippen molar-refractivity contribution in [2.75, 3.05) is 18.0 Å². The summed E-state index contributed by atoms with van der Waals surface area (Å²) in [5.41, 5.74) is 5.66. The molecule has 0 radical (unpaired) electrons. The Morgan fingerprint density at radius 2 is 1.85 bits per heavy atom. The van der Waals surface area contributed by atoms with Gasteiger partial charge in [0.2, 0.25) is 0 Å². The highest BCUT2D eigenvalue weighted by Crippen LogP contribution is 2.26. The second kappa shape index (κ2) is 7.08. The molecule has 0 saturated carbocycles. The number of rotatable bonds is 2. The van der Waals surface area contributed by atoms with Gasteiger partial charge in [-0.25, -0.2) is 8.78 Å². The molecule has 0 bridgehead atoms. The Hall–Kier alpha value is -2.80. The van der Waals surface area contributed by atoms with Gasteiger partial charge in [0.05, 0.1) is 5.39 Å². The SMILES string of the molecule is N[C@@H]1CCCCN(c2nn(-c3ccc(F)cc3F)c(=O)c3ccccc23)C1. The number of benzene rings is 2. The van der Waals surface area contributed by atoms with Gasteiger partial charge in [-0.05, 0) is 31.0 Å². The van der Waals surface area contributed by atoms with Crippen molar-refractivity contribution in [2.45, 2.75) is 25.3 Å². The Bertz CT molecular complexity index is 1050. The highest BCUT2D eigenvalue weighted by atomic mass is 19.1. The summed E-state index contributed by atoms with van der Waals surface area (Å²) in [6.45, 7) is 1.37. The molecule has 1 aliphatic rings. The van der Waals surface area contributed by atoms with Gasteiger partial charge in [-0.15, -0.1) is 5.10 Å². The molecule has 1 saturated heterocycles. The van der Waals surface area contributed by atoms with E-state index < -0.39 is 17.2 Å². The molecule has 0 aliphatic carbocycles. The minimum Gasteiger partial charge on any atom is -0.353 e. The van der Waals surface area contributed by atoms with E-state index in [4.69, 9.17) is 5.73 Å². The molecule has 7 heteroatoms. The van der Waals surface area contributed by atoms with Crippen LogP contribution >= 0.6 is 0 Å². The van der Waals surface area contributed by atoms with Crippen LogP contribution in [0.3, 0.4) is 0 Å². The first kappa shape index (κ1) is 17.6. The van der Waals surface area contributed by atoms with Gasteiger partial charge in [0.25, 0.3) is 5.56 Å². The maximum absolute atomic E-state index is 14.3. The number of anilines is 1. The molecule has 1 aromatic heterocycles. The number of hydrogen-bond donors (Lipinski definition) is 1. The lowest BCUT2D eigenvalue weighted by atomic mass is 10.1. The number of aromatic nitrogens is 2. The molecule has 0 unspecified atom stereocenters. The number of halogens is 2. The highest BCUT2D eigenvalue weighted by Gasteiger charge is 2.21. The Balaban J connectivity index is 1.96. The normalized spacial score (nSPS) is 17.9. The molecule has 1 fully saturated rings. The molecular formula is C20H20F2N4O. The summed E-state index contributed by atoms with van der Waals surface area (Å²) >= 11 is 0. The fourth-order valence-electron chi connectivity index (χ4n) is 3.59. The van der Waals surface area contributed by atoms with Gasteiger partial charge in [0.15, 0.2) is 11.6 Å². The first-order valence-corrected chi connectivity index (χ1v) is 9.02. The van der Waals surface area contributed by atoms with E-state index in [1.165, 1.54) is 6.07 Å². The van der Waals surface area contributed by atoms with Crippen LogP contribution in [0.15, 0.2) is 47.3 Å². The van der Waals surface area contributed by atoms with Crippen molar-refractivity contribution in [3.8, 4) is 5.69 Å². The van der Waals surface area contributed by atoms with Crippen molar-refractivity contribution < 1.29 is 8.78 Å². The Labute approximate surface area is 155 Å². The minimum absolute atomic E-state index is 0.0102. The molecule has 2 heterocycles. The first-order chi connectivity index (χ1) is 13.0. The van der Waals surface area contributed by atoms with Gasteiger partial charge in [-0.2, -0.15) is 4.68 Å². The first-order valence-electron chi connectivity index (χ1n) is 9.02. The van der Waals surface area contributed by atoms with Gasteiger partial charge < -0.3 is 10.6 Å². The van der Waals surface area contributed by atoms with Crippen LogP contribution in [0.25, 0.3) is 16.5 Å². The smallest absolute Gasteiger partial charge is 0.279 e. The Morgan fingerprint density at radius 3 is 2.63 bits per heavy atom. The van der Waals surface area contributed by atoms with Crippen molar-refractivity contribution in [1.29, 1.82) is 0 Å². The van der Waals surface area contributed by atoms with E-state index in [2.05, 4.69) is 10.00 Å². The predicted octanol–water partition coefficient (Wildman–Crippen LogP) is 2.98. The fraction of sp³-hybridized carbons (Fsp3) is 0.300. The summed E-state index contributed by atoms with van der Waals surface area (Å²) < 4.78 is 28.7. The lowest BCUT2D eigenvalue weighted by Crippen LogP contribution is -2.37. The summed E-state index contributed by atoms with van der Waals surface area (Å²) in [5, 5.41) is 5.61. The molecule has 4 rings (SSSR count). The maximum atomic E-state index is 14.3. The molecular weight excluding hydrogens is 350 g/mol. The van der Waals surface area contributed by atoms with Gasteiger partial charge in [-0.3, -0.25) is 4.79 Å². The van der Waals surface area contributed by atoms with E-state index in [0.717, 1.165) is 42.6 Å². The van der Waals surface area contributed by atoms with Crippen LogP contribution in [0.5, 0.6) is 0 Å². The zero-order chi connectivity index (χ0) is 19.0. The number of nitrogens with zero attached hydrogens (tertiary/aromatic N) is 3. The van der Waals surface area contributed by atoms with Crippen molar-refractivity contribution in [3.63, 3.8) is 0 Å². The molecule has 27 heavy (non-hydrogen) atoms. The number of nitrogens with two attached hydrogens (primary N) is 1. The van der Waals surface area contributed by atoms with Crippen LogP contribution in [0.2, 0.25) is 0 Å². The van der Waals surface area contributed by atoms with Crippen LogP contribution in [0.1, 0.15) is 19.3 Å². The summed E-state index contributed by atoms with van der Waals surface area (Å²) in [7, 11) is 0. The third-order valence-corrected chi connectivity index (χ3v) is 4.93. The molecule has 1 atom stereocenters. The van der Waals surface area contributed by atoms with E-state index >= 15 is 0 Å². The van der Waals surface area contributed by atoms with Gasteiger partial charge in [-0.1, -0.05) is 24.6 Å². The second-order valence-corrected chi connectivity index (χ2v) is 6.88. The van der Waals surface area contributed by atoms with Crippen molar-refractivity contribution >= 4 is 16.6 Å². The van der Waals surface area contributed by atoms with E-state index in [-0.39, 0.29) is 11.7 Å². The minimum atomic E-state index is -0.835. The third-order valence-electron chi connectivity index (χ3n) is 4.93. The quantitative estimate of drug-likeness (QED) is 0.753. The van der Waals surface area contributed by atoms with Gasteiger partial charge in [0.1, 0.15) is 11.5 Å². The predicted molar refractivity (Wildman–Crippen MR) is 101 cm³/mol. The van der Waals surface area contributed by atoms with Crippen LogP contribution in [0, 0.1) is 11.6 Å². The molecule has 5 nitrogen and oxygen atoms in total. The molecule has 1 aliphatic heterocycles. The monoisotopic (exact) mass is 370 g/mol. The molecule has 140 valence electrons. The second-order valence-electron chi connectivity index (χ2n) is 6.88. The molecule has 0 amide bonds. The van der Waals surface area contributed by atoms with Crippen LogP contribution in [0.4, 0.5) is 14.6 Å². The molecule has 2 N–H and O–H groups in total. The van der Waals surface area contributed by atoms with Crippen LogP contribution < -0.4 is 16.2 Å². The zero-order valence-corrected chi connectivity index (χ0v) is 14.7. The van der Waals surface area contributed by atoms with E-state index in [0.29, 0.717) is 23.1 Å². The number of fused-ring (bicyclic) bond motifs is 1. The highest BCUT2D eigenvalue weighted by molar-refractivity contribution is 5.91. The van der Waals surface area contributed by atoms with Gasteiger partial charge in [0, 0.05) is 30.6 Å². The average molecular weight is 370 g/mol. The van der Waals surface area contributed by atoms with E-state index in [1.54, 1.807) is 12.1 Å². The maximum Gasteiger partial charge on any atom is 0.279 e. The van der Waals surface area contributed by atoms with Crippen LogP contribution in [-0.4, -0.2) is 28.9 Å². The van der Waals surface area contributed by atoms with Crippen molar-refractivity contribution in [2.24, 2.45) is 5.73 Å². The fourth-order valence-corrected chi connectivity index (χ4v) is 3.59. The lowest BCUT2D eigenvalue weighted by molar-refractivity contribution is 0.570. The molecule has 3 aromatic rings. The third kappa shape index (κ3) is 3.30. The topological polar surface area (TPSA) is 64.2 Å². The molecule has 2 aromatic carbocycles. The summed E-state index contributed by atoms with van der Waals surface area (Å²) in [6.07, 6.45) is 2.93. The standard InChI is InChI=1S/C20H20F2N4O/c21-13-8-9-18(17(22)11-13)26-20(27)16-7-2-1-6-15(16)19(24-26)25-10-4-3-5-14(23)12-25/h1-2,6-9,11,14H,3-5,10,12,23H2/t14-/m1/s1. The van der Waals surface area contributed by atoms with E-state index in [1.807, 2.05) is 12.1 Å². The number of hydrogen-bond acceptors (Lipinski definition) is 4. The largest absolute Gasteiger partial charge is 0.353 e. The summed E-state index contributed by atoms with van der Waals surface area (Å²) in [4.78, 5) is 15.0. The lowest BCUT2D eigenvalue weighted by Gasteiger charge is -2.25. The average Bonchev–Trinajstić information content (AvgIpc) is 2.87. The Morgan fingerprint density at radius 1 is 1.07 bits per heavy atom. The Kier molecular flexibility index (Phi) is 4.61.